The van der Waals surface area contributed by atoms with E-state index in [0.29, 0.717) is 0 Å². The third kappa shape index (κ3) is 3.37. The highest BCUT2D eigenvalue weighted by Gasteiger charge is 2.18. The molecular formula is C11H18ClN. The normalized spacial score (nSPS) is 14.4. The van der Waals surface area contributed by atoms with Gasteiger partial charge in [0.2, 0.25) is 0 Å². The third-order valence-electron chi connectivity index (χ3n) is 2.20. The maximum atomic E-state index is 6.15. The minimum absolute atomic E-state index is 0. The van der Waals surface area contributed by atoms with Gasteiger partial charge in [0.05, 0.1) is 0 Å². The van der Waals surface area contributed by atoms with E-state index in [0.717, 1.165) is 12.8 Å². The minimum atomic E-state index is -0.157. The van der Waals surface area contributed by atoms with Crippen molar-refractivity contribution < 1.29 is 0 Å². The van der Waals surface area contributed by atoms with Crippen molar-refractivity contribution in [3.05, 3.63) is 35.9 Å². The zero-order valence-electron chi connectivity index (χ0n) is 8.29. The van der Waals surface area contributed by atoms with Gasteiger partial charge in [0, 0.05) is 5.54 Å². The summed E-state index contributed by atoms with van der Waals surface area (Å²) in [5, 5.41) is 0. The average Bonchev–Trinajstić information content (AvgIpc) is 2.06. The van der Waals surface area contributed by atoms with E-state index < -0.39 is 0 Å². The molecule has 0 saturated carbocycles. The summed E-state index contributed by atoms with van der Waals surface area (Å²) in [7, 11) is 0. The summed E-state index contributed by atoms with van der Waals surface area (Å²) >= 11 is 0. The van der Waals surface area contributed by atoms with E-state index in [9.17, 15) is 0 Å². The summed E-state index contributed by atoms with van der Waals surface area (Å²) in [6.07, 6.45) is 2.17. The van der Waals surface area contributed by atoms with Crippen LogP contribution in [0.1, 0.15) is 32.3 Å². The Morgan fingerprint density at radius 3 is 2.23 bits per heavy atom. The van der Waals surface area contributed by atoms with Crippen molar-refractivity contribution in [3.8, 4) is 0 Å². The fourth-order valence-electron chi connectivity index (χ4n) is 1.48. The van der Waals surface area contributed by atoms with Crippen LogP contribution in [0.5, 0.6) is 0 Å². The van der Waals surface area contributed by atoms with Gasteiger partial charge in [-0.3, -0.25) is 0 Å². The topological polar surface area (TPSA) is 26.0 Å². The molecule has 0 aliphatic rings. The number of rotatable bonds is 3. The van der Waals surface area contributed by atoms with Gasteiger partial charge in [0.15, 0.2) is 0 Å². The molecule has 0 aromatic heterocycles. The van der Waals surface area contributed by atoms with E-state index in [1.54, 1.807) is 0 Å². The van der Waals surface area contributed by atoms with E-state index in [1.165, 1.54) is 5.56 Å². The number of benzene rings is 1. The smallest absolute Gasteiger partial charge is 0.0380 e. The molecule has 1 atom stereocenters. The Bertz CT molecular complexity index is 231. The first-order chi connectivity index (χ1) is 5.67. The Balaban J connectivity index is 0.00000144. The first-order valence-corrected chi connectivity index (χ1v) is 4.51. The van der Waals surface area contributed by atoms with Crippen LogP contribution in [0.3, 0.4) is 0 Å². The van der Waals surface area contributed by atoms with Gasteiger partial charge in [-0.1, -0.05) is 43.7 Å². The molecular weight excluding hydrogens is 182 g/mol. The molecule has 1 unspecified atom stereocenters. The summed E-state index contributed by atoms with van der Waals surface area (Å²) < 4.78 is 0. The lowest BCUT2D eigenvalue weighted by atomic mass is 9.89. The Morgan fingerprint density at radius 2 is 1.77 bits per heavy atom. The summed E-state index contributed by atoms with van der Waals surface area (Å²) in [6.45, 7) is 4.25. The van der Waals surface area contributed by atoms with Crippen LogP contribution in [0, 0.1) is 0 Å². The summed E-state index contributed by atoms with van der Waals surface area (Å²) in [5.41, 5.74) is 7.22. The van der Waals surface area contributed by atoms with E-state index in [-0.39, 0.29) is 17.9 Å². The largest absolute Gasteiger partial charge is 0.322 e. The molecule has 0 fully saturated rings. The molecule has 0 aliphatic heterocycles. The molecule has 74 valence electrons. The van der Waals surface area contributed by atoms with Crippen LogP contribution in [0.2, 0.25) is 0 Å². The Hall–Kier alpha value is -0.530. The first-order valence-electron chi connectivity index (χ1n) is 4.51. The molecule has 0 saturated heterocycles. The number of hydrogen-bond acceptors (Lipinski definition) is 1. The Kier molecular flexibility index (Phi) is 5.04. The zero-order valence-corrected chi connectivity index (χ0v) is 9.10. The highest BCUT2D eigenvalue weighted by atomic mass is 35.5. The molecule has 0 amide bonds. The molecule has 1 nitrogen and oxygen atoms in total. The van der Waals surface area contributed by atoms with E-state index in [1.807, 2.05) is 18.2 Å². The lowest BCUT2D eigenvalue weighted by Gasteiger charge is -2.24. The van der Waals surface area contributed by atoms with E-state index >= 15 is 0 Å². The fraction of sp³-hybridized carbons (Fsp3) is 0.455. The van der Waals surface area contributed by atoms with Gasteiger partial charge >= 0.3 is 0 Å². The molecule has 0 spiro atoms. The van der Waals surface area contributed by atoms with Gasteiger partial charge in [-0.2, -0.15) is 0 Å². The van der Waals surface area contributed by atoms with Crippen LogP contribution >= 0.6 is 12.4 Å². The molecule has 0 aliphatic carbocycles. The predicted octanol–water partition coefficient (Wildman–Crippen LogP) is 3.08. The second-order valence-corrected chi connectivity index (χ2v) is 3.53. The van der Waals surface area contributed by atoms with Gasteiger partial charge < -0.3 is 5.73 Å². The number of halogens is 1. The minimum Gasteiger partial charge on any atom is -0.322 e. The maximum absolute atomic E-state index is 6.15. The van der Waals surface area contributed by atoms with E-state index in [2.05, 4.69) is 26.0 Å². The van der Waals surface area contributed by atoms with Crippen molar-refractivity contribution in [2.24, 2.45) is 5.73 Å². The monoisotopic (exact) mass is 199 g/mol. The number of hydrogen-bond donors (Lipinski definition) is 1. The van der Waals surface area contributed by atoms with Crippen LogP contribution in [0.4, 0.5) is 0 Å². The van der Waals surface area contributed by atoms with Gasteiger partial charge in [0.25, 0.3) is 0 Å². The van der Waals surface area contributed by atoms with Crippen LogP contribution < -0.4 is 5.73 Å². The first kappa shape index (κ1) is 12.5. The lowest BCUT2D eigenvalue weighted by Crippen LogP contribution is -2.32. The van der Waals surface area contributed by atoms with Crippen LogP contribution in [-0.2, 0) is 5.54 Å². The van der Waals surface area contributed by atoms with Crippen LogP contribution in [0.25, 0.3) is 0 Å². The second-order valence-electron chi connectivity index (χ2n) is 3.53. The molecule has 0 radical (unpaired) electrons. The van der Waals surface area contributed by atoms with Gasteiger partial charge in [-0.05, 0) is 18.9 Å². The van der Waals surface area contributed by atoms with Crippen molar-refractivity contribution in [1.82, 2.24) is 0 Å². The predicted molar refractivity (Wildman–Crippen MR) is 60.1 cm³/mol. The molecule has 1 aromatic carbocycles. The SMILES string of the molecule is CCCC(C)(N)c1ccccc1.Cl. The van der Waals surface area contributed by atoms with E-state index in [4.69, 9.17) is 5.73 Å². The summed E-state index contributed by atoms with van der Waals surface area (Å²) in [6, 6.07) is 10.3. The Morgan fingerprint density at radius 1 is 1.23 bits per heavy atom. The molecule has 2 heteroatoms. The van der Waals surface area contributed by atoms with Crippen LogP contribution in [0.15, 0.2) is 30.3 Å². The second kappa shape index (κ2) is 5.25. The lowest BCUT2D eigenvalue weighted by molar-refractivity contribution is 0.447. The standard InChI is InChI=1S/C11H17N.ClH/c1-3-9-11(2,12)10-7-5-4-6-8-10;/h4-8H,3,9,12H2,1-2H3;1H. The maximum Gasteiger partial charge on any atom is 0.0380 e. The molecule has 1 rings (SSSR count). The Labute approximate surface area is 86.7 Å². The summed E-state index contributed by atoms with van der Waals surface area (Å²) in [4.78, 5) is 0. The number of nitrogens with two attached hydrogens (primary N) is 1. The van der Waals surface area contributed by atoms with Crippen molar-refractivity contribution in [3.63, 3.8) is 0 Å². The summed E-state index contributed by atoms with van der Waals surface area (Å²) in [5.74, 6) is 0. The van der Waals surface area contributed by atoms with Gasteiger partial charge in [0.1, 0.15) is 0 Å². The van der Waals surface area contributed by atoms with Crippen molar-refractivity contribution in [1.29, 1.82) is 0 Å². The molecule has 1 aromatic rings. The van der Waals surface area contributed by atoms with Crippen LogP contribution in [-0.4, -0.2) is 0 Å². The highest BCUT2D eigenvalue weighted by Crippen LogP contribution is 2.22. The van der Waals surface area contributed by atoms with Crippen molar-refractivity contribution in [2.45, 2.75) is 32.2 Å². The highest BCUT2D eigenvalue weighted by molar-refractivity contribution is 5.85. The fourth-order valence-corrected chi connectivity index (χ4v) is 1.48. The average molecular weight is 200 g/mol. The van der Waals surface area contributed by atoms with Crippen molar-refractivity contribution in [2.75, 3.05) is 0 Å². The van der Waals surface area contributed by atoms with Gasteiger partial charge in [-0.15, -0.1) is 12.4 Å². The van der Waals surface area contributed by atoms with Gasteiger partial charge in [-0.25, -0.2) is 0 Å². The molecule has 2 N–H and O–H groups in total. The molecule has 0 bridgehead atoms. The zero-order chi connectivity index (χ0) is 9.03. The molecule has 0 heterocycles. The quantitative estimate of drug-likeness (QED) is 0.796. The molecule has 13 heavy (non-hydrogen) atoms. The third-order valence-corrected chi connectivity index (χ3v) is 2.20. The van der Waals surface area contributed by atoms with Crippen molar-refractivity contribution >= 4 is 12.4 Å².